The average molecular weight is 1320 g/mol. The van der Waals surface area contributed by atoms with Gasteiger partial charge in [-0.2, -0.15) is 0 Å². The van der Waals surface area contributed by atoms with Crippen LogP contribution in [-0.2, 0) is 56.8 Å². The first-order chi connectivity index (χ1) is 46.6. The smallest absolute Gasteiger partial charge is 0.145 e. The van der Waals surface area contributed by atoms with Crippen molar-refractivity contribution in [1.29, 1.82) is 0 Å². The van der Waals surface area contributed by atoms with Crippen LogP contribution in [0, 0.1) is 0 Å². The summed E-state index contributed by atoms with van der Waals surface area (Å²) in [6.07, 6.45) is 8.04. The van der Waals surface area contributed by atoms with Crippen LogP contribution in [0.4, 0.5) is 22.7 Å². The van der Waals surface area contributed by atoms with Crippen molar-refractivity contribution in [3.05, 3.63) is 237 Å². The zero-order chi connectivity index (χ0) is 70.4. The van der Waals surface area contributed by atoms with Crippen molar-refractivity contribution >= 4 is 47.6 Å². The van der Waals surface area contributed by atoms with E-state index in [-0.39, 0.29) is 97.5 Å². The number of hydrogen-bond acceptors (Lipinski definition) is 14. The summed E-state index contributed by atoms with van der Waals surface area (Å²) >= 11 is 0. The Hall–Kier alpha value is -9.76. The van der Waals surface area contributed by atoms with E-state index >= 15 is 0 Å². The van der Waals surface area contributed by atoms with Gasteiger partial charge in [-0.05, 0) is 165 Å². The van der Waals surface area contributed by atoms with E-state index in [0.29, 0.717) is 116 Å². The SMILES string of the molecule is C=C1Cc2cc(C(C)(C)C)cc(c2O)C=Nc2ccccc2OCCOCCOc2ccccc2N=Cc2cc(C(C)(C)C)cc(c2O)CC(=C)Cc2cc(C(C)(C)C)cc(c2O)C=Nc2ccccc2OCCOCCOc2ccccc2N=Cc2cc(C(C)(C)C)cc(c2O)C1. The van der Waals surface area contributed by atoms with Crippen LogP contribution >= 0.6 is 0 Å². The molecule has 0 radical (unpaired) electrons. The lowest BCUT2D eigenvalue weighted by Gasteiger charge is -2.23. The van der Waals surface area contributed by atoms with E-state index in [0.717, 1.165) is 33.4 Å². The van der Waals surface area contributed by atoms with Crippen LogP contribution in [0.5, 0.6) is 46.0 Å². The lowest BCUT2D eigenvalue weighted by atomic mass is 9.82. The minimum atomic E-state index is -0.267. The molecule has 4 N–H and O–H groups in total. The number of aliphatic imine (C=N–C) groups is 4. The fourth-order valence-electron chi connectivity index (χ4n) is 11.1. The number of allylic oxidation sites excluding steroid dienone is 2. The first kappa shape index (κ1) is 72.5. The van der Waals surface area contributed by atoms with E-state index in [1.807, 2.05) is 146 Å². The molecule has 0 unspecified atom stereocenters. The number of benzene rings is 8. The number of fused-ring (bicyclic) bond motifs is 12. The molecule has 0 aliphatic carbocycles. The predicted octanol–water partition coefficient (Wildman–Crippen LogP) is 18.6. The molecule has 0 spiro atoms. The number of aromatic hydroxyl groups is 4. The normalized spacial score (nSPS) is 14.9. The maximum absolute atomic E-state index is 12.0. The fourth-order valence-corrected chi connectivity index (χ4v) is 11.1. The Morgan fingerprint density at radius 1 is 0.296 bits per heavy atom. The van der Waals surface area contributed by atoms with E-state index in [4.69, 9.17) is 48.4 Å². The van der Waals surface area contributed by atoms with Crippen molar-refractivity contribution < 1.29 is 48.8 Å². The van der Waals surface area contributed by atoms with Crippen molar-refractivity contribution in [3.8, 4) is 46.0 Å². The second-order valence-electron chi connectivity index (χ2n) is 29.0. The number of rotatable bonds is 0. The van der Waals surface area contributed by atoms with Gasteiger partial charge in [0.25, 0.3) is 0 Å². The largest absolute Gasteiger partial charge is 0.507 e. The summed E-state index contributed by atoms with van der Waals surface area (Å²) in [5.74, 6) is 2.58. The van der Waals surface area contributed by atoms with Crippen molar-refractivity contribution in [2.45, 2.75) is 130 Å². The number of phenols is 4. The second kappa shape index (κ2) is 32.1. The summed E-state index contributed by atoms with van der Waals surface area (Å²) < 4.78 is 36.9. The molecule has 0 aromatic heterocycles. The third-order valence-electron chi connectivity index (χ3n) is 16.9. The van der Waals surface area contributed by atoms with Crippen LogP contribution in [0.25, 0.3) is 0 Å². The van der Waals surface area contributed by atoms with Crippen molar-refractivity contribution in [2.24, 2.45) is 20.0 Å². The molecule has 14 nitrogen and oxygen atoms in total. The summed E-state index contributed by atoms with van der Waals surface area (Å²) in [5.41, 5.74) is 11.8. The van der Waals surface area contributed by atoms with Crippen LogP contribution in [-0.4, -0.2) is 98.1 Å². The van der Waals surface area contributed by atoms with Gasteiger partial charge in [0.05, 0.1) is 26.4 Å². The molecule has 1 heterocycles. The summed E-state index contributed by atoms with van der Waals surface area (Å²) in [7, 11) is 0. The topological polar surface area (TPSA) is 186 Å². The van der Waals surface area contributed by atoms with Crippen LogP contribution in [0.1, 0.15) is 150 Å². The van der Waals surface area contributed by atoms with Gasteiger partial charge in [0, 0.05) is 47.1 Å². The standard InChI is InChI=1S/C84H96N4O10/c1-55-39-57-43-65(81(3,4)5)47-61(77(57)89)51-85-69-23-15-19-27-73(69)95-35-31-93-33-37-97-75-29-21-17-25-71(75)87-53-63-49-67(83(9,10)11)45-59(79(63)91)41-56(2)42-60-46-68(84(12,13)14)50-64(80(60)92)54-88-72-26-18-22-30-76(72)98-38-34-94-32-36-96-74-28-20-16-24-70(74)86-52-62-48-66(82(6,7)8)44-58(40-55)78(62)90/h15-30,43-54,89-92H,1-2,31-42H2,3-14H3. The third kappa shape index (κ3) is 19.7. The van der Waals surface area contributed by atoms with Crippen LogP contribution in [0.3, 0.4) is 0 Å². The second-order valence-corrected chi connectivity index (χ2v) is 29.0. The van der Waals surface area contributed by atoms with Crippen LogP contribution < -0.4 is 18.9 Å². The highest BCUT2D eigenvalue weighted by molar-refractivity contribution is 5.90. The number of ether oxygens (including phenoxy) is 6. The fraction of sp³-hybridized carbons (Fsp3) is 0.333. The quantitative estimate of drug-likeness (QED) is 0.107. The van der Waals surface area contributed by atoms with E-state index < -0.39 is 0 Å². The molecule has 14 heteroatoms. The van der Waals surface area contributed by atoms with Gasteiger partial charge in [0.1, 0.15) is 95.2 Å². The molecule has 1 aliphatic rings. The van der Waals surface area contributed by atoms with E-state index in [1.54, 1.807) is 24.9 Å². The van der Waals surface area contributed by atoms with Gasteiger partial charge in [-0.25, -0.2) is 0 Å². The summed E-state index contributed by atoms with van der Waals surface area (Å²) in [5, 5.41) is 48.0. The van der Waals surface area contributed by atoms with Gasteiger partial charge < -0.3 is 48.8 Å². The molecule has 0 saturated heterocycles. The maximum Gasteiger partial charge on any atom is 0.145 e. The molecule has 9 rings (SSSR count). The maximum atomic E-state index is 12.0. The molecule has 8 aromatic rings. The Bertz CT molecular complexity index is 3730. The van der Waals surface area contributed by atoms with Crippen molar-refractivity contribution in [1.82, 2.24) is 0 Å². The summed E-state index contributed by atoms with van der Waals surface area (Å²) in [6, 6.07) is 45.9. The summed E-state index contributed by atoms with van der Waals surface area (Å²) in [6.45, 7) is 36.7. The first-order valence-corrected chi connectivity index (χ1v) is 33.6. The van der Waals surface area contributed by atoms with Gasteiger partial charge in [-0.15, -0.1) is 0 Å². The van der Waals surface area contributed by atoms with E-state index in [2.05, 4.69) is 96.2 Å². The molecule has 0 amide bonds. The molecule has 0 fully saturated rings. The molecule has 512 valence electrons. The highest BCUT2D eigenvalue weighted by atomic mass is 16.6. The van der Waals surface area contributed by atoms with Crippen LogP contribution in [0.2, 0.25) is 0 Å². The van der Waals surface area contributed by atoms with E-state index in [1.165, 1.54) is 0 Å². The predicted molar refractivity (Wildman–Crippen MR) is 399 cm³/mol. The Morgan fingerprint density at radius 3 is 0.704 bits per heavy atom. The van der Waals surface area contributed by atoms with Gasteiger partial charge in [-0.3, -0.25) is 20.0 Å². The van der Waals surface area contributed by atoms with Crippen LogP contribution in [0.15, 0.2) is 190 Å². The Balaban J connectivity index is 0.984. The number of hydrogen-bond donors (Lipinski definition) is 4. The molecular formula is C84H96N4O10. The number of phenolic OH excluding ortho intramolecular Hbond substituents is 4. The van der Waals surface area contributed by atoms with E-state index in [9.17, 15) is 20.4 Å². The highest BCUT2D eigenvalue weighted by Gasteiger charge is 2.25. The van der Waals surface area contributed by atoms with Gasteiger partial charge in [0.15, 0.2) is 0 Å². The lowest BCUT2D eigenvalue weighted by molar-refractivity contribution is 0.0767. The zero-order valence-electron chi connectivity index (χ0n) is 59.1. The molecule has 0 atom stereocenters. The Labute approximate surface area is 579 Å². The Morgan fingerprint density at radius 2 is 0.500 bits per heavy atom. The zero-order valence-corrected chi connectivity index (χ0v) is 59.1. The molecule has 8 aromatic carbocycles. The lowest BCUT2D eigenvalue weighted by Crippen LogP contribution is -2.13. The molecular weight excluding hydrogens is 1220 g/mol. The first-order valence-electron chi connectivity index (χ1n) is 33.6. The molecule has 98 heavy (non-hydrogen) atoms. The molecule has 0 saturated carbocycles. The Kier molecular flexibility index (Phi) is 23.7. The van der Waals surface area contributed by atoms with Crippen molar-refractivity contribution in [3.63, 3.8) is 0 Å². The van der Waals surface area contributed by atoms with Crippen molar-refractivity contribution in [2.75, 3.05) is 52.9 Å². The monoisotopic (exact) mass is 1320 g/mol. The van der Waals surface area contributed by atoms with Gasteiger partial charge >= 0.3 is 0 Å². The van der Waals surface area contributed by atoms with Gasteiger partial charge in [-0.1, -0.05) is 180 Å². The third-order valence-corrected chi connectivity index (χ3v) is 16.9. The minimum absolute atomic E-state index is 0.0915. The number of nitrogens with zero attached hydrogens (tertiary/aromatic N) is 4. The highest BCUT2D eigenvalue weighted by Crippen LogP contribution is 2.40. The molecule has 1 aliphatic heterocycles. The van der Waals surface area contributed by atoms with Gasteiger partial charge in [0.2, 0.25) is 0 Å². The summed E-state index contributed by atoms with van der Waals surface area (Å²) in [4.78, 5) is 19.4. The minimum Gasteiger partial charge on any atom is -0.507 e. The average Bonchev–Trinajstić information content (AvgIpc) is 0.816. The molecule has 8 bridgehead atoms. The number of para-hydroxylation sites is 8.